The molecule has 2 rings (SSSR count). The SMILES string of the molecule is CC12CCC(C)(O1)C([N+](=O)[O-])C2. The zero-order valence-corrected chi connectivity index (χ0v) is 7.37. The molecule has 0 N–H and O–H groups in total. The second kappa shape index (κ2) is 1.99. The van der Waals surface area contributed by atoms with Gasteiger partial charge in [0.2, 0.25) is 6.04 Å². The van der Waals surface area contributed by atoms with Crippen LogP contribution in [0, 0.1) is 10.1 Å². The van der Waals surface area contributed by atoms with Gasteiger partial charge in [-0.3, -0.25) is 10.1 Å². The molecule has 4 nitrogen and oxygen atoms in total. The van der Waals surface area contributed by atoms with E-state index in [2.05, 4.69) is 0 Å². The minimum Gasteiger partial charge on any atom is -0.362 e. The molecule has 4 heteroatoms. The van der Waals surface area contributed by atoms with Crippen molar-refractivity contribution in [2.24, 2.45) is 0 Å². The number of nitrogens with zero attached hydrogens (tertiary/aromatic N) is 1. The van der Waals surface area contributed by atoms with Crippen LogP contribution >= 0.6 is 0 Å². The summed E-state index contributed by atoms with van der Waals surface area (Å²) in [5, 5.41) is 10.7. The smallest absolute Gasteiger partial charge is 0.244 e. The molecule has 3 unspecified atom stereocenters. The molecule has 2 heterocycles. The lowest BCUT2D eigenvalue weighted by atomic mass is 9.80. The highest BCUT2D eigenvalue weighted by Crippen LogP contribution is 2.51. The first-order valence-corrected chi connectivity index (χ1v) is 4.29. The van der Waals surface area contributed by atoms with Gasteiger partial charge in [-0.15, -0.1) is 0 Å². The standard InChI is InChI=1S/C8H13NO3/c1-7-3-4-8(2,12-7)6(5-7)9(10)11/h6H,3-5H2,1-2H3. The highest BCUT2D eigenvalue weighted by Gasteiger charge is 2.62. The summed E-state index contributed by atoms with van der Waals surface area (Å²) in [4.78, 5) is 10.5. The fourth-order valence-electron chi connectivity index (χ4n) is 2.48. The van der Waals surface area contributed by atoms with Gasteiger partial charge in [0.25, 0.3) is 0 Å². The van der Waals surface area contributed by atoms with Crippen LogP contribution in [0.15, 0.2) is 0 Å². The van der Waals surface area contributed by atoms with Crippen molar-refractivity contribution in [2.45, 2.75) is 50.4 Å². The first-order valence-electron chi connectivity index (χ1n) is 4.29. The highest BCUT2D eigenvalue weighted by molar-refractivity contribution is 5.06. The van der Waals surface area contributed by atoms with Gasteiger partial charge in [-0.2, -0.15) is 0 Å². The van der Waals surface area contributed by atoms with Crippen molar-refractivity contribution in [3.63, 3.8) is 0 Å². The van der Waals surface area contributed by atoms with Crippen LogP contribution in [-0.2, 0) is 4.74 Å². The van der Waals surface area contributed by atoms with E-state index in [0.717, 1.165) is 12.8 Å². The van der Waals surface area contributed by atoms with Gasteiger partial charge in [-0.1, -0.05) is 0 Å². The predicted molar refractivity (Wildman–Crippen MR) is 42.5 cm³/mol. The Morgan fingerprint density at radius 2 is 2.17 bits per heavy atom. The van der Waals surface area contributed by atoms with Crippen molar-refractivity contribution in [3.8, 4) is 0 Å². The lowest BCUT2D eigenvalue weighted by Crippen LogP contribution is -2.41. The Hall–Kier alpha value is -0.640. The van der Waals surface area contributed by atoms with Crippen LogP contribution in [-0.4, -0.2) is 22.2 Å². The van der Waals surface area contributed by atoms with Crippen LogP contribution in [0.3, 0.4) is 0 Å². The molecule has 0 aromatic heterocycles. The molecule has 0 saturated carbocycles. The van der Waals surface area contributed by atoms with E-state index in [-0.39, 0.29) is 10.5 Å². The van der Waals surface area contributed by atoms with Crippen molar-refractivity contribution in [2.75, 3.05) is 0 Å². The molecule has 2 fully saturated rings. The number of ether oxygens (including phenoxy) is 1. The minimum atomic E-state index is -0.490. The average Bonchev–Trinajstić information content (AvgIpc) is 2.36. The summed E-state index contributed by atoms with van der Waals surface area (Å²) in [5.41, 5.74) is -0.704. The first kappa shape index (κ1) is 7.98. The summed E-state index contributed by atoms with van der Waals surface area (Å²) < 4.78 is 5.68. The fourth-order valence-corrected chi connectivity index (χ4v) is 2.48. The number of hydrogen-bond donors (Lipinski definition) is 0. The van der Waals surface area contributed by atoms with E-state index in [1.165, 1.54) is 0 Å². The summed E-state index contributed by atoms with van der Waals surface area (Å²) in [6.45, 7) is 3.83. The molecule has 2 bridgehead atoms. The van der Waals surface area contributed by atoms with Crippen molar-refractivity contribution in [1.82, 2.24) is 0 Å². The van der Waals surface area contributed by atoms with Crippen molar-refractivity contribution >= 4 is 0 Å². The normalized spacial score (nSPS) is 51.3. The van der Waals surface area contributed by atoms with Crippen LogP contribution in [0.1, 0.15) is 33.1 Å². The molecular weight excluding hydrogens is 158 g/mol. The van der Waals surface area contributed by atoms with Gasteiger partial charge >= 0.3 is 0 Å². The molecule has 2 saturated heterocycles. The fraction of sp³-hybridized carbons (Fsp3) is 1.00. The van der Waals surface area contributed by atoms with Gasteiger partial charge in [-0.05, 0) is 26.7 Å². The number of rotatable bonds is 1. The van der Waals surface area contributed by atoms with Gasteiger partial charge in [-0.25, -0.2) is 0 Å². The molecule has 12 heavy (non-hydrogen) atoms. The van der Waals surface area contributed by atoms with Crippen molar-refractivity contribution < 1.29 is 9.66 Å². The number of hydrogen-bond acceptors (Lipinski definition) is 3. The second-order valence-corrected chi connectivity index (χ2v) is 4.37. The van der Waals surface area contributed by atoms with E-state index in [9.17, 15) is 10.1 Å². The summed E-state index contributed by atoms with van der Waals surface area (Å²) in [7, 11) is 0. The van der Waals surface area contributed by atoms with E-state index in [4.69, 9.17) is 4.74 Å². The van der Waals surface area contributed by atoms with E-state index in [1.54, 1.807) is 0 Å². The van der Waals surface area contributed by atoms with Crippen LogP contribution in [0.4, 0.5) is 0 Å². The molecular formula is C8H13NO3. The molecule has 0 aliphatic carbocycles. The maximum Gasteiger partial charge on any atom is 0.244 e. The van der Waals surface area contributed by atoms with Gasteiger partial charge in [0.1, 0.15) is 5.60 Å². The zero-order valence-electron chi connectivity index (χ0n) is 7.37. The third-order valence-corrected chi connectivity index (χ3v) is 3.21. The summed E-state index contributed by atoms with van der Waals surface area (Å²) >= 11 is 0. The Kier molecular flexibility index (Phi) is 1.32. The van der Waals surface area contributed by atoms with Crippen molar-refractivity contribution in [1.29, 1.82) is 0 Å². The molecule has 2 aliphatic rings. The Labute approximate surface area is 71.0 Å². The highest BCUT2D eigenvalue weighted by atomic mass is 16.6. The summed E-state index contributed by atoms with van der Waals surface area (Å²) in [6.07, 6.45) is 2.37. The maximum absolute atomic E-state index is 10.7. The summed E-state index contributed by atoms with van der Waals surface area (Å²) in [6, 6.07) is -0.490. The zero-order chi connectivity index (χ0) is 8.98. The third kappa shape index (κ3) is 0.874. The number of nitro groups is 1. The summed E-state index contributed by atoms with van der Waals surface area (Å²) in [5.74, 6) is 0. The Morgan fingerprint density at radius 3 is 2.42 bits per heavy atom. The third-order valence-electron chi connectivity index (χ3n) is 3.21. The monoisotopic (exact) mass is 171 g/mol. The minimum absolute atomic E-state index is 0.190. The largest absolute Gasteiger partial charge is 0.362 e. The van der Waals surface area contributed by atoms with Crippen LogP contribution < -0.4 is 0 Å². The lowest BCUT2D eigenvalue weighted by Gasteiger charge is -2.21. The van der Waals surface area contributed by atoms with E-state index < -0.39 is 11.6 Å². The molecule has 0 spiro atoms. The van der Waals surface area contributed by atoms with Crippen LogP contribution in [0.5, 0.6) is 0 Å². The number of fused-ring (bicyclic) bond motifs is 2. The predicted octanol–water partition coefficient (Wildman–Crippen LogP) is 1.36. The Bertz CT molecular complexity index is 242. The molecule has 0 aromatic rings. The molecule has 0 radical (unpaired) electrons. The maximum atomic E-state index is 10.7. The van der Waals surface area contributed by atoms with Crippen molar-refractivity contribution in [3.05, 3.63) is 10.1 Å². The molecule has 0 aromatic carbocycles. The lowest BCUT2D eigenvalue weighted by molar-refractivity contribution is -0.536. The van der Waals surface area contributed by atoms with Gasteiger partial charge in [0.15, 0.2) is 0 Å². The van der Waals surface area contributed by atoms with Gasteiger partial charge in [0.05, 0.1) is 5.60 Å². The van der Waals surface area contributed by atoms with Crippen LogP contribution in [0.2, 0.25) is 0 Å². The topological polar surface area (TPSA) is 52.4 Å². The molecule has 68 valence electrons. The van der Waals surface area contributed by atoms with E-state index in [1.807, 2.05) is 13.8 Å². The Morgan fingerprint density at radius 1 is 1.50 bits per heavy atom. The van der Waals surface area contributed by atoms with Gasteiger partial charge in [0, 0.05) is 11.3 Å². The Balaban J connectivity index is 2.28. The first-order chi connectivity index (χ1) is 5.45. The molecule has 0 amide bonds. The second-order valence-electron chi connectivity index (χ2n) is 4.37. The average molecular weight is 171 g/mol. The van der Waals surface area contributed by atoms with Gasteiger partial charge < -0.3 is 4.74 Å². The van der Waals surface area contributed by atoms with Crippen LogP contribution in [0.25, 0.3) is 0 Å². The van der Waals surface area contributed by atoms with E-state index in [0.29, 0.717) is 6.42 Å². The quantitative estimate of drug-likeness (QED) is 0.442. The molecule has 2 aliphatic heterocycles. The van der Waals surface area contributed by atoms with E-state index >= 15 is 0 Å². The molecule has 3 atom stereocenters.